The number of amides is 1. The number of aromatic nitrogens is 4. The van der Waals surface area contributed by atoms with Crippen molar-refractivity contribution in [2.75, 3.05) is 0 Å². The molecule has 0 bridgehead atoms. The fourth-order valence-corrected chi connectivity index (χ4v) is 2.83. The Balaban J connectivity index is 1.76. The number of hydrogen-bond donors (Lipinski definition) is 1. The number of nitrogens with one attached hydrogen (secondary N) is 1. The third kappa shape index (κ3) is 3.33. The Labute approximate surface area is 134 Å². The van der Waals surface area contributed by atoms with Crippen LogP contribution in [0, 0.1) is 19.8 Å². The third-order valence-corrected chi connectivity index (χ3v) is 4.19. The topological polar surface area (TPSA) is 81.8 Å². The molecule has 1 atom stereocenters. The minimum absolute atomic E-state index is 0.0222. The van der Waals surface area contributed by atoms with Gasteiger partial charge in [0.15, 0.2) is 0 Å². The molecule has 1 unspecified atom stereocenters. The van der Waals surface area contributed by atoms with Crippen molar-refractivity contribution in [1.82, 2.24) is 24.4 Å². The van der Waals surface area contributed by atoms with Crippen molar-refractivity contribution in [2.24, 2.45) is 13.0 Å². The molecule has 0 saturated heterocycles. The van der Waals surface area contributed by atoms with Gasteiger partial charge in [-0.3, -0.25) is 9.36 Å². The Morgan fingerprint density at radius 2 is 2.17 bits per heavy atom. The van der Waals surface area contributed by atoms with Gasteiger partial charge in [-0.15, -0.1) is 0 Å². The summed E-state index contributed by atoms with van der Waals surface area (Å²) >= 11 is 0. The fraction of sp³-hybridized carbons (Fsp3) is 0.500. The molecule has 2 aromatic heterocycles. The Kier molecular flexibility index (Phi) is 4.02. The summed E-state index contributed by atoms with van der Waals surface area (Å²) in [5, 5.41) is 3.03. The summed E-state index contributed by atoms with van der Waals surface area (Å²) in [6.07, 6.45) is 5.77. The maximum atomic E-state index is 12.4. The molecule has 3 rings (SSSR count). The van der Waals surface area contributed by atoms with Crippen LogP contribution in [0.15, 0.2) is 23.3 Å². The van der Waals surface area contributed by atoms with Gasteiger partial charge in [0.2, 0.25) is 5.91 Å². The number of nitrogens with zero attached hydrogens (tertiary/aromatic N) is 4. The molecule has 7 nitrogen and oxygen atoms in total. The van der Waals surface area contributed by atoms with Crippen LogP contribution in [0.25, 0.3) is 0 Å². The van der Waals surface area contributed by atoms with E-state index in [1.165, 1.54) is 4.57 Å². The van der Waals surface area contributed by atoms with Gasteiger partial charge in [0.25, 0.3) is 0 Å². The van der Waals surface area contributed by atoms with Crippen molar-refractivity contribution >= 4 is 5.91 Å². The van der Waals surface area contributed by atoms with Gasteiger partial charge in [0, 0.05) is 30.8 Å². The molecule has 1 aliphatic carbocycles. The first-order chi connectivity index (χ1) is 11.0. The van der Waals surface area contributed by atoms with E-state index in [0.29, 0.717) is 11.6 Å². The van der Waals surface area contributed by atoms with E-state index in [1.54, 1.807) is 26.1 Å². The highest BCUT2D eigenvalue weighted by atomic mass is 16.2. The average Bonchev–Trinajstić information content (AvgIpc) is 3.22. The molecule has 0 aromatic carbocycles. The summed E-state index contributed by atoms with van der Waals surface area (Å²) in [5.74, 6) is 1.08. The van der Waals surface area contributed by atoms with E-state index in [2.05, 4.69) is 15.3 Å². The van der Waals surface area contributed by atoms with Gasteiger partial charge in [-0.05, 0) is 38.7 Å². The number of carbonyl (C=O) groups excluding carboxylic acids is 1. The third-order valence-electron chi connectivity index (χ3n) is 4.19. The van der Waals surface area contributed by atoms with Crippen LogP contribution < -0.4 is 11.0 Å². The van der Waals surface area contributed by atoms with Crippen LogP contribution in [-0.4, -0.2) is 25.0 Å². The number of imidazole rings is 1. The van der Waals surface area contributed by atoms with Crippen LogP contribution in [0.4, 0.5) is 0 Å². The SMILES string of the molecule is Cc1cc(C)n(CC(=O)NC(c2nccn2C)C2CC2)c(=O)n1. The van der Waals surface area contributed by atoms with Gasteiger partial charge in [0.1, 0.15) is 12.4 Å². The Bertz CT molecular complexity index is 788. The standard InChI is InChI=1S/C16H21N5O2/c1-10-8-11(2)21(16(23)18-10)9-13(22)19-14(12-4-5-12)15-17-6-7-20(15)3/h6-8,12,14H,4-5,9H2,1-3H3,(H,19,22). The first-order valence-corrected chi connectivity index (χ1v) is 7.77. The van der Waals surface area contributed by atoms with E-state index in [-0.39, 0.29) is 18.5 Å². The molecule has 1 saturated carbocycles. The Morgan fingerprint density at radius 1 is 1.43 bits per heavy atom. The minimum Gasteiger partial charge on any atom is -0.344 e. The van der Waals surface area contributed by atoms with Gasteiger partial charge >= 0.3 is 5.69 Å². The normalized spacial score (nSPS) is 15.4. The van der Waals surface area contributed by atoms with E-state index in [4.69, 9.17) is 0 Å². The summed E-state index contributed by atoms with van der Waals surface area (Å²) in [5.41, 5.74) is 1.00. The lowest BCUT2D eigenvalue weighted by Gasteiger charge is -2.19. The lowest BCUT2D eigenvalue weighted by atomic mass is 10.1. The molecular formula is C16H21N5O2. The molecule has 1 fully saturated rings. The van der Waals surface area contributed by atoms with E-state index in [9.17, 15) is 9.59 Å². The smallest absolute Gasteiger partial charge is 0.344 e. The molecular weight excluding hydrogens is 294 g/mol. The number of carbonyl (C=O) groups is 1. The summed E-state index contributed by atoms with van der Waals surface area (Å²) in [4.78, 5) is 32.6. The molecule has 0 aliphatic heterocycles. The summed E-state index contributed by atoms with van der Waals surface area (Å²) in [7, 11) is 1.92. The summed E-state index contributed by atoms with van der Waals surface area (Å²) < 4.78 is 3.32. The minimum atomic E-state index is -0.391. The van der Waals surface area contributed by atoms with Crippen molar-refractivity contribution in [1.29, 1.82) is 0 Å². The number of aryl methyl sites for hydroxylation is 3. The van der Waals surface area contributed by atoms with Crippen molar-refractivity contribution in [3.63, 3.8) is 0 Å². The fourth-order valence-electron chi connectivity index (χ4n) is 2.83. The largest absolute Gasteiger partial charge is 0.348 e. The predicted octanol–water partition coefficient (Wildman–Crippen LogP) is 0.861. The molecule has 1 amide bonds. The van der Waals surface area contributed by atoms with Crippen LogP contribution >= 0.6 is 0 Å². The lowest BCUT2D eigenvalue weighted by Crippen LogP contribution is -2.37. The summed E-state index contributed by atoms with van der Waals surface area (Å²) in [6.45, 7) is 3.55. The van der Waals surface area contributed by atoms with Crippen LogP contribution in [0.5, 0.6) is 0 Å². The van der Waals surface area contributed by atoms with Crippen LogP contribution in [0.1, 0.15) is 36.1 Å². The highest BCUT2D eigenvalue weighted by Crippen LogP contribution is 2.40. The van der Waals surface area contributed by atoms with Crippen LogP contribution in [-0.2, 0) is 18.4 Å². The van der Waals surface area contributed by atoms with Crippen molar-refractivity contribution in [3.8, 4) is 0 Å². The first-order valence-electron chi connectivity index (χ1n) is 7.77. The molecule has 2 heterocycles. The predicted molar refractivity (Wildman–Crippen MR) is 84.8 cm³/mol. The van der Waals surface area contributed by atoms with Crippen molar-refractivity contribution in [2.45, 2.75) is 39.3 Å². The van der Waals surface area contributed by atoms with Gasteiger partial charge in [-0.1, -0.05) is 0 Å². The van der Waals surface area contributed by atoms with E-state index < -0.39 is 5.69 Å². The second-order valence-corrected chi connectivity index (χ2v) is 6.19. The van der Waals surface area contributed by atoms with Gasteiger partial charge in [-0.25, -0.2) is 9.78 Å². The molecule has 23 heavy (non-hydrogen) atoms. The zero-order chi connectivity index (χ0) is 16.6. The van der Waals surface area contributed by atoms with Crippen molar-refractivity contribution in [3.05, 3.63) is 46.2 Å². The molecule has 122 valence electrons. The lowest BCUT2D eigenvalue weighted by molar-refractivity contribution is -0.122. The van der Waals surface area contributed by atoms with Gasteiger partial charge in [-0.2, -0.15) is 4.98 Å². The molecule has 0 spiro atoms. The first kappa shape index (κ1) is 15.5. The van der Waals surface area contributed by atoms with Crippen LogP contribution in [0.3, 0.4) is 0 Å². The highest BCUT2D eigenvalue weighted by molar-refractivity contribution is 5.76. The van der Waals surface area contributed by atoms with Gasteiger partial charge < -0.3 is 9.88 Å². The second-order valence-electron chi connectivity index (χ2n) is 6.19. The highest BCUT2D eigenvalue weighted by Gasteiger charge is 2.35. The number of hydrogen-bond acceptors (Lipinski definition) is 4. The van der Waals surface area contributed by atoms with E-state index in [1.807, 2.05) is 17.8 Å². The zero-order valence-corrected chi connectivity index (χ0v) is 13.6. The van der Waals surface area contributed by atoms with E-state index in [0.717, 1.165) is 24.4 Å². The number of rotatable bonds is 5. The molecule has 2 aromatic rings. The monoisotopic (exact) mass is 315 g/mol. The maximum absolute atomic E-state index is 12.4. The Morgan fingerprint density at radius 3 is 2.74 bits per heavy atom. The maximum Gasteiger partial charge on any atom is 0.348 e. The quantitative estimate of drug-likeness (QED) is 0.887. The molecule has 0 radical (unpaired) electrons. The Hall–Kier alpha value is -2.44. The van der Waals surface area contributed by atoms with E-state index >= 15 is 0 Å². The van der Waals surface area contributed by atoms with Crippen LogP contribution in [0.2, 0.25) is 0 Å². The molecule has 1 N–H and O–H groups in total. The molecule has 7 heteroatoms. The summed E-state index contributed by atoms with van der Waals surface area (Å²) in [6, 6.07) is 1.70. The molecule has 1 aliphatic rings. The second kappa shape index (κ2) is 5.98. The zero-order valence-electron chi connectivity index (χ0n) is 13.6. The van der Waals surface area contributed by atoms with Crippen molar-refractivity contribution < 1.29 is 4.79 Å². The van der Waals surface area contributed by atoms with Gasteiger partial charge in [0.05, 0.1) is 6.04 Å². The average molecular weight is 315 g/mol.